The molecule has 0 bridgehead atoms. The van der Waals surface area contributed by atoms with E-state index >= 15 is 0 Å². The lowest BCUT2D eigenvalue weighted by atomic mass is 9.78. The molecule has 0 aliphatic heterocycles. The SMILES string of the molecule is CC(C)C(=O)NCCCNC(=O)NC[C@@H]1Cc2ccccc21. The Balaban J connectivity index is 1.53. The zero-order chi connectivity index (χ0) is 15.9. The van der Waals surface area contributed by atoms with Crippen LogP contribution >= 0.6 is 0 Å². The van der Waals surface area contributed by atoms with E-state index in [9.17, 15) is 9.59 Å². The number of carbonyl (C=O) groups excluding carboxylic acids is 2. The Hall–Kier alpha value is -2.04. The molecule has 1 aliphatic rings. The van der Waals surface area contributed by atoms with Crippen LogP contribution in [-0.2, 0) is 11.2 Å². The quantitative estimate of drug-likeness (QED) is 0.672. The van der Waals surface area contributed by atoms with E-state index in [2.05, 4.69) is 28.1 Å². The zero-order valence-corrected chi connectivity index (χ0v) is 13.3. The molecule has 5 heteroatoms. The molecule has 22 heavy (non-hydrogen) atoms. The number of hydrogen-bond acceptors (Lipinski definition) is 2. The summed E-state index contributed by atoms with van der Waals surface area (Å²) in [7, 11) is 0. The molecule has 0 fully saturated rings. The molecular formula is C17H25N3O2. The number of urea groups is 1. The number of amides is 3. The van der Waals surface area contributed by atoms with Crippen LogP contribution in [0.15, 0.2) is 24.3 Å². The Kier molecular flexibility index (Phi) is 5.81. The van der Waals surface area contributed by atoms with Crippen LogP contribution in [0.25, 0.3) is 0 Å². The number of carbonyl (C=O) groups is 2. The monoisotopic (exact) mass is 303 g/mol. The second-order valence-electron chi connectivity index (χ2n) is 6.04. The van der Waals surface area contributed by atoms with Crippen LogP contribution in [0.2, 0.25) is 0 Å². The van der Waals surface area contributed by atoms with Gasteiger partial charge in [0, 0.05) is 31.5 Å². The number of hydrogen-bond donors (Lipinski definition) is 3. The maximum atomic E-state index is 11.7. The fraction of sp³-hybridized carbons (Fsp3) is 0.529. The molecule has 0 saturated carbocycles. The highest BCUT2D eigenvalue weighted by molar-refractivity contribution is 5.77. The summed E-state index contributed by atoms with van der Waals surface area (Å²) in [5.74, 6) is 0.488. The Labute approximate surface area is 131 Å². The largest absolute Gasteiger partial charge is 0.356 e. The molecule has 1 aromatic rings. The van der Waals surface area contributed by atoms with Crippen LogP contribution < -0.4 is 16.0 Å². The fourth-order valence-corrected chi connectivity index (χ4v) is 2.53. The van der Waals surface area contributed by atoms with Crippen molar-refractivity contribution >= 4 is 11.9 Å². The van der Waals surface area contributed by atoms with Crippen molar-refractivity contribution in [1.29, 1.82) is 0 Å². The van der Waals surface area contributed by atoms with Crippen molar-refractivity contribution in [1.82, 2.24) is 16.0 Å². The van der Waals surface area contributed by atoms with E-state index in [-0.39, 0.29) is 17.9 Å². The standard InChI is InChI=1S/C17H25N3O2/c1-12(2)16(21)18-8-5-9-19-17(22)20-11-14-10-13-6-3-4-7-15(13)14/h3-4,6-7,12,14H,5,8-11H2,1-2H3,(H,18,21)(H2,19,20,22)/t14-/m0/s1. The van der Waals surface area contributed by atoms with Gasteiger partial charge < -0.3 is 16.0 Å². The molecule has 1 aromatic carbocycles. The lowest BCUT2D eigenvalue weighted by molar-refractivity contribution is -0.123. The van der Waals surface area contributed by atoms with Gasteiger partial charge in [-0.2, -0.15) is 0 Å². The highest BCUT2D eigenvalue weighted by Gasteiger charge is 2.25. The summed E-state index contributed by atoms with van der Waals surface area (Å²) in [6.07, 6.45) is 1.77. The van der Waals surface area contributed by atoms with Crippen molar-refractivity contribution in [2.75, 3.05) is 19.6 Å². The van der Waals surface area contributed by atoms with Crippen molar-refractivity contribution in [3.8, 4) is 0 Å². The van der Waals surface area contributed by atoms with Crippen molar-refractivity contribution < 1.29 is 9.59 Å². The molecule has 3 amide bonds. The first-order valence-corrected chi connectivity index (χ1v) is 7.95. The van der Waals surface area contributed by atoms with Crippen LogP contribution in [0.1, 0.15) is 37.3 Å². The summed E-state index contributed by atoms with van der Waals surface area (Å²) >= 11 is 0. The topological polar surface area (TPSA) is 70.2 Å². The molecule has 2 rings (SSSR count). The lowest BCUT2D eigenvalue weighted by Gasteiger charge is -2.30. The van der Waals surface area contributed by atoms with Gasteiger partial charge >= 0.3 is 6.03 Å². The van der Waals surface area contributed by atoms with E-state index in [1.165, 1.54) is 11.1 Å². The number of nitrogens with one attached hydrogen (secondary N) is 3. The van der Waals surface area contributed by atoms with Crippen molar-refractivity contribution in [3.05, 3.63) is 35.4 Å². The van der Waals surface area contributed by atoms with Gasteiger partial charge in [-0.3, -0.25) is 4.79 Å². The summed E-state index contributed by atoms with van der Waals surface area (Å²) in [5, 5.41) is 8.54. The Bertz CT molecular complexity index is 528. The Morgan fingerprint density at radius 1 is 1.14 bits per heavy atom. The average molecular weight is 303 g/mol. The van der Waals surface area contributed by atoms with Crippen LogP contribution in [0.3, 0.4) is 0 Å². The maximum absolute atomic E-state index is 11.7. The average Bonchev–Trinajstić information content (AvgIpc) is 2.47. The summed E-state index contributed by atoms with van der Waals surface area (Å²) in [6, 6.07) is 8.21. The van der Waals surface area contributed by atoms with E-state index in [1.54, 1.807) is 0 Å². The molecule has 1 aliphatic carbocycles. The minimum atomic E-state index is -0.139. The first kappa shape index (κ1) is 16.3. The van der Waals surface area contributed by atoms with Crippen molar-refractivity contribution in [2.24, 2.45) is 5.92 Å². The van der Waals surface area contributed by atoms with Crippen molar-refractivity contribution in [2.45, 2.75) is 32.6 Å². The van der Waals surface area contributed by atoms with Gasteiger partial charge in [-0.25, -0.2) is 4.79 Å². The first-order valence-electron chi connectivity index (χ1n) is 7.95. The van der Waals surface area contributed by atoms with E-state index in [1.807, 2.05) is 26.0 Å². The first-order chi connectivity index (χ1) is 10.6. The molecule has 120 valence electrons. The minimum Gasteiger partial charge on any atom is -0.356 e. The lowest BCUT2D eigenvalue weighted by Crippen LogP contribution is -2.40. The third-order valence-electron chi connectivity index (χ3n) is 3.93. The number of fused-ring (bicyclic) bond motifs is 1. The molecule has 0 saturated heterocycles. The predicted octanol–water partition coefficient (Wildman–Crippen LogP) is 1.79. The summed E-state index contributed by atoms with van der Waals surface area (Å²) < 4.78 is 0. The predicted molar refractivity (Wildman–Crippen MR) is 86.8 cm³/mol. The van der Waals surface area contributed by atoms with E-state index < -0.39 is 0 Å². The highest BCUT2D eigenvalue weighted by atomic mass is 16.2. The van der Waals surface area contributed by atoms with Crippen LogP contribution in [0.4, 0.5) is 4.79 Å². The summed E-state index contributed by atoms with van der Waals surface area (Å²) in [5.41, 5.74) is 2.73. The van der Waals surface area contributed by atoms with Gasteiger partial charge in [-0.15, -0.1) is 0 Å². The van der Waals surface area contributed by atoms with Gasteiger partial charge in [-0.05, 0) is 24.0 Å². The fourth-order valence-electron chi connectivity index (χ4n) is 2.53. The minimum absolute atomic E-state index is 0.00149. The third kappa shape index (κ3) is 4.48. The van der Waals surface area contributed by atoms with Gasteiger partial charge in [0.1, 0.15) is 0 Å². The molecular weight excluding hydrogens is 278 g/mol. The number of benzene rings is 1. The van der Waals surface area contributed by atoms with E-state index in [0.29, 0.717) is 25.6 Å². The molecule has 3 N–H and O–H groups in total. The highest BCUT2D eigenvalue weighted by Crippen LogP contribution is 2.33. The van der Waals surface area contributed by atoms with Crippen LogP contribution in [0.5, 0.6) is 0 Å². The van der Waals surface area contributed by atoms with Crippen molar-refractivity contribution in [3.63, 3.8) is 0 Å². The van der Waals surface area contributed by atoms with Gasteiger partial charge in [0.2, 0.25) is 5.91 Å². The Morgan fingerprint density at radius 3 is 2.59 bits per heavy atom. The maximum Gasteiger partial charge on any atom is 0.314 e. The summed E-state index contributed by atoms with van der Waals surface area (Å²) in [6.45, 7) is 5.55. The van der Waals surface area contributed by atoms with E-state index in [4.69, 9.17) is 0 Å². The smallest absolute Gasteiger partial charge is 0.314 e. The van der Waals surface area contributed by atoms with Gasteiger partial charge in [0.05, 0.1) is 0 Å². The molecule has 0 unspecified atom stereocenters. The molecule has 0 spiro atoms. The van der Waals surface area contributed by atoms with Crippen LogP contribution in [-0.4, -0.2) is 31.6 Å². The second kappa shape index (κ2) is 7.82. The zero-order valence-electron chi connectivity index (χ0n) is 13.3. The second-order valence-corrected chi connectivity index (χ2v) is 6.04. The number of rotatable bonds is 7. The Morgan fingerprint density at radius 2 is 1.86 bits per heavy atom. The third-order valence-corrected chi connectivity index (χ3v) is 3.93. The van der Waals surface area contributed by atoms with Crippen LogP contribution in [0, 0.1) is 5.92 Å². The summed E-state index contributed by atoms with van der Waals surface area (Å²) in [4.78, 5) is 23.0. The van der Waals surface area contributed by atoms with E-state index in [0.717, 1.165) is 12.8 Å². The normalized spacial score (nSPS) is 15.7. The molecule has 5 nitrogen and oxygen atoms in total. The molecule has 0 heterocycles. The van der Waals surface area contributed by atoms with Gasteiger partial charge in [0.15, 0.2) is 0 Å². The molecule has 0 aromatic heterocycles. The van der Waals surface area contributed by atoms with Gasteiger partial charge in [-0.1, -0.05) is 38.1 Å². The molecule has 1 atom stereocenters. The molecule has 0 radical (unpaired) electrons. The van der Waals surface area contributed by atoms with Gasteiger partial charge in [0.25, 0.3) is 0 Å².